The Kier molecular flexibility index (Phi) is 7.40. The minimum atomic E-state index is -4.71. The highest BCUT2D eigenvalue weighted by atomic mass is 32.2. The van der Waals surface area contributed by atoms with E-state index >= 15 is 0 Å². The summed E-state index contributed by atoms with van der Waals surface area (Å²) in [4.78, 5) is 20.0. The predicted octanol–water partition coefficient (Wildman–Crippen LogP) is 4.78. The van der Waals surface area contributed by atoms with Crippen molar-refractivity contribution in [3.8, 4) is 28.8 Å². The van der Waals surface area contributed by atoms with Crippen molar-refractivity contribution in [3.05, 3.63) is 59.8 Å². The number of amides is 1. The van der Waals surface area contributed by atoms with E-state index in [-0.39, 0.29) is 22.2 Å². The second kappa shape index (κ2) is 10.2. The van der Waals surface area contributed by atoms with Crippen molar-refractivity contribution in [1.82, 2.24) is 9.97 Å². The topological polar surface area (TPSA) is 97.1 Å². The Balaban J connectivity index is 1.86. The lowest BCUT2D eigenvalue weighted by Crippen LogP contribution is -2.16. The van der Waals surface area contributed by atoms with E-state index in [0.29, 0.717) is 22.7 Å². The summed E-state index contributed by atoms with van der Waals surface area (Å²) >= 11 is 0.745. The lowest BCUT2D eigenvalue weighted by Gasteiger charge is -2.12. The summed E-state index contributed by atoms with van der Waals surface area (Å²) in [7, 11) is 2.85. The molecule has 0 atom stereocenters. The molecule has 1 aromatic heterocycles. The predicted molar refractivity (Wildman–Crippen MR) is 116 cm³/mol. The molecule has 1 N–H and O–H groups in total. The SMILES string of the molecule is COc1ccc(-c2cc(C(F)(F)F)nc(SCC(=O)Nc3ccccc3C#N)n2)cc1OC. The van der Waals surface area contributed by atoms with Crippen LogP contribution in [-0.4, -0.2) is 35.8 Å². The first-order valence-corrected chi connectivity index (χ1v) is 10.3. The molecule has 0 unspecified atom stereocenters. The summed E-state index contributed by atoms with van der Waals surface area (Å²) in [6.07, 6.45) is -4.71. The number of aromatic nitrogens is 2. The average molecular weight is 474 g/mol. The highest BCUT2D eigenvalue weighted by Gasteiger charge is 2.34. The van der Waals surface area contributed by atoms with Gasteiger partial charge in [0.05, 0.1) is 36.9 Å². The van der Waals surface area contributed by atoms with Crippen molar-refractivity contribution >= 4 is 23.4 Å². The molecule has 0 radical (unpaired) electrons. The molecule has 3 aromatic rings. The molecule has 3 rings (SSSR count). The van der Waals surface area contributed by atoms with E-state index in [1.807, 2.05) is 6.07 Å². The van der Waals surface area contributed by atoms with E-state index in [0.717, 1.165) is 17.8 Å². The first-order valence-electron chi connectivity index (χ1n) is 9.35. The number of nitrogens with zero attached hydrogens (tertiary/aromatic N) is 3. The third-order valence-corrected chi connectivity index (χ3v) is 5.18. The number of ether oxygens (including phenoxy) is 2. The van der Waals surface area contributed by atoms with Crippen LogP contribution in [0.15, 0.2) is 53.7 Å². The number of halogens is 3. The van der Waals surface area contributed by atoms with Crippen molar-refractivity contribution in [2.75, 3.05) is 25.3 Å². The molecule has 0 spiro atoms. The van der Waals surface area contributed by atoms with Gasteiger partial charge in [-0.3, -0.25) is 4.79 Å². The van der Waals surface area contributed by atoms with Crippen molar-refractivity contribution in [1.29, 1.82) is 5.26 Å². The van der Waals surface area contributed by atoms with Gasteiger partial charge in [0.1, 0.15) is 11.8 Å². The third-order valence-electron chi connectivity index (χ3n) is 4.33. The molecule has 33 heavy (non-hydrogen) atoms. The molecular formula is C22H17F3N4O3S. The van der Waals surface area contributed by atoms with Crippen molar-refractivity contribution < 1.29 is 27.4 Å². The molecule has 0 bridgehead atoms. The molecule has 11 heteroatoms. The minimum Gasteiger partial charge on any atom is -0.493 e. The summed E-state index contributed by atoms with van der Waals surface area (Å²) in [6.45, 7) is 0. The zero-order valence-corrected chi connectivity index (χ0v) is 18.3. The van der Waals surface area contributed by atoms with Crippen LogP contribution in [0.5, 0.6) is 11.5 Å². The zero-order chi connectivity index (χ0) is 24.0. The van der Waals surface area contributed by atoms with E-state index in [9.17, 15) is 18.0 Å². The Bertz CT molecular complexity index is 1210. The van der Waals surface area contributed by atoms with Crippen molar-refractivity contribution in [2.24, 2.45) is 0 Å². The van der Waals surface area contributed by atoms with Gasteiger partial charge in [0.25, 0.3) is 0 Å². The molecular weight excluding hydrogens is 457 g/mol. The number of carbonyl (C=O) groups is 1. The van der Waals surface area contributed by atoms with Crippen LogP contribution in [0.1, 0.15) is 11.3 Å². The van der Waals surface area contributed by atoms with Crippen molar-refractivity contribution in [3.63, 3.8) is 0 Å². The van der Waals surface area contributed by atoms with Crippen molar-refractivity contribution in [2.45, 2.75) is 11.3 Å². The molecule has 0 saturated carbocycles. The fourth-order valence-corrected chi connectivity index (χ4v) is 3.44. The number of hydrogen-bond acceptors (Lipinski definition) is 7. The Morgan fingerprint density at radius 2 is 1.82 bits per heavy atom. The van der Waals surface area contributed by atoms with Crippen LogP contribution in [0, 0.1) is 11.3 Å². The van der Waals surface area contributed by atoms with E-state index in [4.69, 9.17) is 14.7 Å². The monoisotopic (exact) mass is 474 g/mol. The van der Waals surface area contributed by atoms with Gasteiger partial charge in [0, 0.05) is 5.56 Å². The number of nitriles is 1. The van der Waals surface area contributed by atoms with Crippen LogP contribution >= 0.6 is 11.8 Å². The molecule has 1 heterocycles. The third kappa shape index (κ3) is 5.93. The van der Waals surface area contributed by atoms with Gasteiger partial charge in [-0.25, -0.2) is 9.97 Å². The fourth-order valence-electron chi connectivity index (χ4n) is 2.78. The quantitative estimate of drug-likeness (QED) is 0.389. The Morgan fingerprint density at radius 3 is 2.48 bits per heavy atom. The molecule has 0 aliphatic carbocycles. The molecule has 1 amide bonds. The molecule has 0 aliphatic heterocycles. The van der Waals surface area contributed by atoms with Crippen LogP contribution in [0.25, 0.3) is 11.3 Å². The molecule has 7 nitrogen and oxygen atoms in total. The highest BCUT2D eigenvalue weighted by molar-refractivity contribution is 7.99. The van der Waals surface area contributed by atoms with Gasteiger partial charge in [0.15, 0.2) is 16.7 Å². The van der Waals surface area contributed by atoms with E-state index in [1.165, 1.54) is 26.4 Å². The summed E-state index contributed by atoms with van der Waals surface area (Å²) in [5, 5.41) is 11.4. The van der Waals surface area contributed by atoms with Gasteiger partial charge in [-0.1, -0.05) is 23.9 Å². The van der Waals surface area contributed by atoms with Crippen LogP contribution < -0.4 is 14.8 Å². The largest absolute Gasteiger partial charge is 0.493 e. The number of nitrogens with one attached hydrogen (secondary N) is 1. The number of benzene rings is 2. The maximum Gasteiger partial charge on any atom is 0.433 e. The van der Waals surface area contributed by atoms with Gasteiger partial charge >= 0.3 is 6.18 Å². The van der Waals surface area contributed by atoms with Gasteiger partial charge in [-0.2, -0.15) is 18.4 Å². The summed E-state index contributed by atoms with van der Waals surface area (Å²) in [5.74, 6) is -0.0366. The Labute approximate surface area is 191 Å². The lowest BCUT2D eigenvalue weighted by molar-refractivity contribution is -0.141. The number of methoxy groups -OCH3 is 2. The second-order valence-corrected chi connectivity index (χ2v) is 7.43. The van der Waals surface area contributed by atoms with Crippen LogP contribution in [0.2, 0.25) is 0 Å². The zero-order valence-electron chi connectivity index (χ0n) is 17.4. The van der Waals surface area contributed by atoms with E-state index < -0.39 is 17.8 Å². The Morgan fingerprint density at radius 1 is 1.09 bits per heavy atom. The van der Waals surface area contributed by atoms with Gasteiger partial charge in [-0.05, 0) is 36.4 Å². The summed E-state index contributed by atoms with van der Waals surface area (Å²) in [5.41, 5.74) is -0.200. The van der Waals surface area contributed by atoms with Crippen LogP contribution in [0.3, 0.4) is 0 Å². The first kappa shape index (κ1) is 23.9. The summed E-state index contributed by atoms with van der Waals surface area (Å²) < 4.78 is 50.7. The maximum absolute atomic E-state index is 13.4. The molecule has 170 valence electrons. The molecule has 0 aliphatic rings. The molecule has 2 aromatic carbocycles. The normalized spacial score (nSPS) is 10.9. The first-order chi connectivity index (χ1) is 15.7. The average Bonchev–Trinajstić information content (AvgIpc) is 2.81. The Hall–Kier alpha value is -3.78. The second-order valence-electron chi connectivity index (χ2n) is 6.48. The fraction of sp³-hybridized carbons (Fsp3) is 0.182. The number of anilines is 1. The number of thioether (sulfide) groups is 1. The van der Waals surface area contributed by atoms with E-state index in [2.05, 4.69) is 15.3 Å². The van der Waals surface area contributed by atoms with E-state index in [1.54, 1.807) is 30.3 Å². The van der Waals surface area contributed by atoms with Crippen LogP contribution in [0.4, 0.5) is 18.9 Å². The standard InChI is InChI=1S/C22H17F3N4O3S/c1-31-17-8-7-13(9-18(17)32-2)16-10-19(22(23,24)25)29-21(28-16)33-12-20(30)27-15-6-4-3-5-14(15)11-26/h3-10H,12H2,1-2H3,(H,27,30). The minimum absolute atomic E-state index is 0.0102. The molecule has 0 saturated heterocycles. The number of hydrogen-bond donors (Lipinski definition) is 1. The molecule has 0 fully saturated rings. The lowest BCUT2D eigenvalue weighted by atomic mass is 10.1. The maximum atomic E-state index is 13.4. The number of alkyl halides is 3. The van der Waals surface area contributed by atoms with Gasteiger partial charge in [-0.15, -0.1) is 0 Å². The number of rotatable bonds is 7. The number of carbonyl (C=O) groups excluding carboxylic acids is 1. The summed E-state index contributed by atoms with van der Waals surface area (Å²) in [6, 6.07) is 13.8. The smallest absolute Gasteiger partial charge is 0.433 e. The van der Waals surface area contributed by atoms with Gasteiger partial charge in [0.2, 0.25) is 5.91 Å². The highest BCUT2D eigenvalue weighted by Crippen LogP contribution is 2.35. The van der Waals surface area contributed by atoms with Crippen LogP contribution in [-0.2, 0) is 11.0 Å². The van der Waals surface area contributed by atoms with Gasteiger partial charge < -0.3 is 14.8 Å². The number of para-hydroxylation sites is 1.